The largest absolute Gasteiger partial charge is 0.0795 e. The summed E-state index contributed by atoms with van der Waals surface area (Å²) in [5.41, 5.74) is 7.44. The molecular weight excluding hydrogens is 204 g/mol. The van der Waals surface area contributed by atoms with E-state index in [-0.39, 0.29) is 0 Å². The predicted octanol–water partition coefficient (Wildman–Crippen LogP) is 4.24. The fourth-order valence-corrected chi connectivity index (χ4v) is 2.86. The molecule has 0 fully saturated rings. The number of benzene rings is 1. The molecule has 1 aromatic rings. The lowest BCUT2D eigenvalue weighted by Crippen LogP contribution is -2.03. The Bertz CT molecular complexity index is 541. The zero-order valence-corrected chi connectivity index (χ0v) is 10.5. The molecule has 0 aliphatic heterocycles. The molecule has 0 saturated heterocycles. The summed E-state index contributed by atoms with van der Waals surface area (Å²) in [6, 6.07) is 4.59. The van der Waals surface area contributed by atoms with Gasteiger partial charge in [-0.3, -0.25) is 0 Å². The minimum absolute atomic E-state index is 0.607. The molecule has 1 aromatic carbocycles. The van der Waals surface area contributed by atoms with E-state index in [4.69, 9.17) is 0 Å². The molecule has 0 nitrogen and oxygen atoms in total. The van der Waals surface area contributed by atoms with Gasteiger partial charge in [0.15, 0.2) is 0 Å². The van der Waals surface area contributed by atoms with Crippen LogP contribution in [0.25, 0.3) is 6.08 Å². The Balaban J connectivity index is 1.94. The number of aryl methyl sites for hydroxylation is 1. The van der Waals surface area contributed by atoms with Crippen molar-refractivity contribution in [3.63, 3.8) is 0 Å². The van der Waals surface area contributed by atoms with E-state index in [0.717, 1.165) is 12.8 Å². The molecule has 1 unspecified atom stereocenters. The van der Waals surface area contributed by atoms with Crippen molar-refractivity contribution in [2.24, 2.45) is 5.92 Å². The van der Waals surface area contributed by atoms with Crippen molar-refractivity contribution >= 4 is 6.08 Å². The highest BCUT2D eigenvalue weighted by molar-refractivity contribution is 5.65. The van der Waals surface area contributed by atoms with Gasteiger partial charge in [0.25, 0.3) is 0 Å². The Morgan fingerprint density at radius 1 is 1.24 bits per heavy atom. The van der Waals surface area contributed by atoms with E-state index >= 15 is 0 Å². The van der Waals surface area contributed by atoms with Gasteiger partial charge in [-0.25, -0.2) is 0 Å². The molecule has 0 saturated carbocycles. The number of fused-ring (bicyclic) bond motifs is 1. The summed E-state index contributed by atoms with van der Waals surface area (Å²) in [6.45, 7) is 4.45. The SMILES string of the molecule is CC1=CC=CC1Cc1ccc(C)c2c1C=CC2. The van der Waals surface area contributed by atoms with Crippen molar-refractivity contribution in [2.75, 3.05) is 0 Å². The molecule has 17 heavy (non-hydrogen) atoms. The van der Waals surface area contributed by atoms with Gasteiger partial charge < -0.3 is 0 Å². The second-order valence-corrected chi connectivity index (χ2v) is 5.15. The third-order valence-corrected chi connectivity index (χ3v) is 4.02. The van der Waals surface area contributed by atoms with Crippen molar-refractivity contribution in [1.82, 2.24) is 0 Å². The van der Waals surface area contributed by atoms with E-state index in [1.807, 2.05) is 0 Å². The molecule has 2 aliphatic carbocycles. The van der Waals surface area contributed by atoms with Crippen molar-refractivity contribution < 1.29 is 0 Å². The fourth-order valence-electron chi connectivity index (χ4n) is 2.86. The fraction of sp³-hybridized carbons (Fsp3) is 0.294. The first-order valence-electron chi connectivity index (χ1n) is 6.38. The number of hydrogen-bond acceptors (Lipinski definition) is 0. The van der Waals surface area contributed by atoms with Gasteiger partial charge in [-0.05, 0) is 48.9 Å². The van der Waals surface area contributed by atoms with Crippen molar-refractivity contribution in [3.8, 4) is 0 Å². The minimum atomic E-state index is 0.607. The predicted molar refractivity (Wildman–Crippen MR) is 74.0 cm³/mol. The van der Waals surface area contributed by atoms with Crippen LogP contribution in [0, 0.1) is 12.8 Å². The van der Waals surface area contributed by atoms with Crippen molar-refractivity contribution in [1.29, 1.82) is 0 Å². The smallest absolute Gasteiger partial charge is 0.00208 e. The summed E-state index contributed by atoms with van der Waals surface area (Å²) >= 11 is 0. The summed E-state index contributed by atoms with van der Waals surface area (Å²) in [5, 5.41) is 0. The zero-order chi connectivity index (χ0) is 11.8. The van der Waals surface area contributed by atoms with Crippen LogP contribution in [0.1, 0.15) is 29.2 Å². The maximum Gasteiger partial charge on any atom is 0.00208 e. The quantitative estimate of drug-likeness (QED) is 0.702. The Kier molecular flexibility index (Phi) is 2.51. The highest BCUT2D eigenvalue weighted by Gasteiger charge is 2.17. The number of hydrogen-bond donors (Lipinski definition) is 0. The molecule has 0 N–H and O–H groups in total. The summed E-state index contributed by atoms with van der Waals surface area (Å²) < 4.78 is 0. The monoisotopic (exact) mass is 222 g/mol. The molecule has 0 spiro atoms. The molecule has 86 valence electrons. The molecule has 0 heterocycles. The van der Waals surface area contributed by atoms with E-state index in [1.54, 1.807) is 0 Å². The van der Waals surface area contributed by atoms with Crippen molar-refractivity contribution in [2.45, 2.75) is 26.7 Å². The third kappa shape index (κ3) is 1.78. The Hall–Kier alpha value is -1.56. The Morgan fingerprint density at radius 3 is 2.88 bits per heavy atom. The highest BCUT2D eigenvalue weighted by atomic mass is 14.2. The molecule has 2 aliphatic rings. The summed E-state index contributed by atoms with van der Waals surface area (Å²) in [4.78, 5) is 0. The molecule has 0 bridgehead atoms. The van der Waals surface area contributed by atoms with Crippen molar-refractivity contribution in [3.05, 3.63) is 64.3 Å². The van der Waals surface area contributed by atoms with Crippen LogP contribution >= 0.6 is 0 Å². The van der Waals surface area contributed by atoms with E-state index in [2.05, 4.69) is 56.4 Å². The molecule has 0 heteroatoms. The standard InChI is InChI=1S/C17H18/c1-12-5-3-6-14(12)11-15-10-9-13(2)16-7-4-8-17(15)16/h3-6,8-10,14H,7,11H2,1-2H3. The van der Waals surface area contributed by atoms with E-state index in [0.29, 0.717) is 5.92 Å². The normalized spacial score (nSPS) is 20.8. The lowest BCUT2D eigenvalue weighted by molar-refractivity contribution is 0.764. The summed E-state index contributed by atoms with van der Waals surface area (Å²) in [6.07, 6.45) is 13.6. The highest BCUT2D eigenvalue weighted by Crippen LogP contribution is 2.30. The summed E-state index contributed by atoms with van der Waals surface area (Å²) in [7, 11) is 0. The second kappa shape index (κ2) is 4.03. The molecule has 0 aromatic heterocycles. The van der Waals surface area contributed by atoms with E-state index in [1.165, 1.54) is 27.8 Å². The summed E-state index contributed by atoms with van der Waals surface area (Å²) in [5.74, 6) is 0.607. The van der Waals surface area contributed by atoms with Gasteiger partial charge in [-0.1, -0.05) is 48.1 Å². The second-order valence-electron chi connectivity index (χ2n) is 5.15. The lowest BCUT2D eigenvalue weighted by Gasteiger charge is -2.15. The van der Waals surface area contributed by atoms with Crippen LogP contribution in [0.15, 0.2) is 42.0 Å². The van der Waals surface area contributed by atoms with E-state index in [9.17, 15) is 0 Å². The average Bonchev–Trinajstić information content (AvgIpc) is 2.93. The van der Waals surface area contributed by atoms with Gasteiger partial charge >= 0.3 is 0 Å². The van der Waals surface area contributed by atoms with Gasteiger partial charge in [-0.2, -0.15) is 0 Å². The minimum Gasteiger partial charge on any atom is -0.0795 e. The van der Waals surface area contributed by atoms with Gasteiger partial charge in [0.1, 0.15) is 0 Å². The van der Waals surface area contributed by atoms with Crippen LogP contribution in [0.5, 0.6) is 0 Å². The maximum absolute atomic E-state index is 2.32. The third-order valence-electron chi connectivity index (χ3n) is 4.02. The Labute approximate surface area is 103 Å². The van der Waals surface area contributed by atoms with Crippen LogP contribution in [0.3, 0.4) is 0 Å². The topological polar surface area (TPSA) is 0 Å². The first-order valence-corrected chi connectivity index (χ1v) is 6.38. The first kappa shape index (κ1) is 10.6. The Morgan fingerprint density at radius 2 is 2.12 bits per heavy atom. The molecule has 3 rings (SSSR count). The molecular formula is C17H18. The van der Waals surface area contributed by atoms with Crippen LogP contribution in [-0.4, -0.2) is 0 Å². The van der Waals surface area contributed by atoms with Crippen LogP contribution < -0.4 is 0 Å². The maximum atomic E-state index is 2.32. The number of rotatable bonds is 2. The van der Waals surface area contributed by atoms with Gasteiger partial charge in [0.05, 0.1) is 0 Å². The lowest BCUT2D eigenvalue weighted by atomic mass is 9.90. The van der Waals surface area contributed by atoms with Crippen LogP contribution in [-0.2, 0) is 12.8 Å². The van der Waals surface area contributed by atoms with Gasteiger partial charge in [-0.15, -0.1) is 0 Å². The van der Waals surface area contributed by atoms with Crippen LogP contribution in [0.4, 0.5) is 0 Å². The van der Waals surface area contributed by atoms with Gasteiger partial charge in [0.2, 0.25) is 0 Å². The first-order chi connectivity index (χ1) is 8.25. The van der Waals surface area contributed by atoms with Gasteiger partial charge in [0, 0.05) is 5.92 Å². The molecule has 1 atom stereocenters. The zero-order valence-electron chi connectivity index (χ0n) is 10.5. The molecule has 0 amide bonds. The number of allylic oxidation sites excluding steroid dienone is 5. The molecule has 0 radical (unpaired) electrons. The van der Waals surface area contributed by atoms with Crippen LogP contribution in [0.2, 0.25) is 0 Å². The average molecular weight is 222 g/mol. The van der Waals surface area contributed by atoms with E-state index < -0.39 is 0 Å².